The van der Waals surface area contributed by atoms with Crippen LogP contribution in [-0.2, 0) is 16.1 Å². The van der Waals surface area contributed by atoms with Gasteiger partial charge in [0.25, 0.3) is 5.91 Å². The van der Waals surface area contributed by atoms with Gasteiger partial charge in [-0.1, -0.05) is 18.2 Å². The molecule has 2 aromatic rings. The van der Waals surface area contributed by atoms with Gasteiger partial charge < -0.3 is 29.5 Å². The van der Waals surface area contributed by atoms with Crippen molar-refractivity contribution < 1.29 is 42.1 Å². The molecule has 1 saturated heterocycles. The van der Waals surface area contributed by atoms with E-state index in [2.05, 4.69) is 10.1 Å². The third kappa shape index (κ3) is 6.77. The number of para-hydroxylation sites is 1. The SMILES string of the molecule is O=C(NCC1CN(C(=O)OCc2ccccc2OC(F)(F)F)CCO1)c1ccc(O)cc1. The number of rotatable bonds is 6. The van der Waals surface area contributed by atoms with E-state index in [0.29, 0.717) is 5.56 Å². The van der Waals surface area contributed by atoms with Crippen LogP contribution < -0.4 is 10.1 Å². The second-order valence-electron chi connectivity index (χ2n) is 6.91. The first-order chi connectivity index (χ1) is 15.2. The molecule has 1 unspecified atom stereocenters. The number of halogens is 3. The monoisotopic (exact) mass is 454 g/mol. The Kier molecular flexibility index (Phi) is 7.41. The third-order valence-corrected chi connectivity index (χ3v) is 4.57. The van der Waals surface area contributed by atoms with Gasteiger partial charge in [-0.25, -0.2) is 4.79 Å². The van der Waals surface area contributed by atoms with Gasteiger partial charge in [-0.3, -0.25) is 4.79 Å². The van der Waals surface area contributed by atoms with Crippen LogP contribution in [0.25, 0.3) is 0 Å². The van der Waals surface area contributed by atoms with Gasteiger partial charge in [0.1, 0.15) is 18.1 Å². The Labute approximate surface area is 181 Å². The van der Waals surface area contributed by atoms with Crippen LogP contribution in [0.3, 0.4) is 0 Å². The summed E-state index contributed by atoms with van der Waals surface area (Å²) in [6.07, 6.45) is -6.06. The van der Waals surface area contributed by atoms with E-state index in [-0.39, 0.29) is 43.5 Å². The summed E-state index contributed by atoms with van der Waals surface area (Å²) < 4.78 is 52.2. The number of phenolic OH excluding ortho intramolecular Hbond substituents is 1. The average molecular weight is 454 g/mol. The normalized spacial score (nSPS) is 16.3. The average Bonchev–Trinajstić information content (AvgIpc) is 2.76. The van der Waals surface area contributed by atoms with Gasteiger partial charge in [0.2, 0.25) is 0 Å². The summed E-state index contributed by atoms with van der Waals surface area (Å²) in [7, 11) is 0. The molecule has 0 bridgehead atoms. The van der Waals surface area contributed by atoms with Gasteiger partial charge in [-0.15, -0.1) is 13.2 Å². The zero-order valence-corrected chi connectivity index (χ0v) is 16.8. The highest BCUT2D eigenvalue weighted by atomic mass is 19.4. The molecule has 1 fully saturated rings. The highest BCUT2D eigenvalue weighted by Gasteiger charge is 2.32. The third-order valence-electron chi connectivity index (χ3n) is 4.57. The molecule has 0 radical (unpaired) electrons. The number of morpholine rings is 1. The molecular formula is C21H21F3N2O6. The molecule has 2 amide bonds. The van der Waals surface area contributed by atoms with Crippen LogP contribution in [-0.4, -0.2) is 60.7 Å². The van der Waals surface area contributed by atoms with Crippen LogP contribution in [0.1, 0.15) is 15.9 Å². The lowest BCUT2D eigenvalue weighted by molar-refractivity contribution is -0.275. The molecule has 1 aliphatic heterocycles. The summed E-state index contributed by atoms with van der Waals surface area (Å²) in [5.41, 5.74) is 0.429. The number of carbonyl (C=O) groups is 2. The molecule has 11 heteroatoms. The smallest absolute Gasteiger partial charge is 0.508 e. The number of amides is 2. The van der Waals surface area contributed by atoms with E-state index in [0.717, 1.165) is 6.07 Å². The molecule has 0 aromatic heterocycles. The molecule has 32 heavy (non-hydrogen) atoms. The van der Waals surface area contributed by atoms with E-state index in [1.165, 1.54) is 47.4 Å². The number of alkyl halides is 3. The number of ether oxygens (including phenoxy) is 3. The molecule has 0 aliphatic carbocycles. The number of aromatic hydroxyl groups is 1. The van der Waals surface area contributed by atoms with Crippen molar-refractivity contribution >= 4 is 12.0 Å². The maximum Gasteiger partial charge on any atom is 0.573 e. The van der Waals surface area contributed by atoms with Crippen molar-refractivity contribution in [1.29, 1.82) is 0 Å². The number of hydrogen-bond acceptors (Lipinski definition) is 6. The molecule has 1 aliphatic rings. The van der Waals surface area contributed by atoms with Crippen LogP contribution in [0.4, 0.5) is 18.0 Å². The standard InChI is InChI=1S/C21H21F3N2O6/c22-21(23,24)32-18-4-2-1-3-15(18)13-31-20(29)26-9-10-30-17(12-26)11-25-19(28)14-5-7-16(27)8-6-14/h1-8,17,27H,9-13H2,(H,25,28). The molecule has 2 aromatic carbocycles. The Morgan fingerprint density at radius 2 is 1.88 bits per heavy atom. The molecule has 3 rings (SSSR count). The quantitative estimate of drug-likeness (QED) is 0.697. The molecule has 2 N–H and O–H groups in total. The Morgan fingerprint density at radius 3 is 2.59 bits per heavy atom. The van der Waals surface area contributed by atoms with Crippen molar-refractivity contribution in [2.75, 3.05) is 26.2 Å². The maximum atomic E-state index is 12.5. The number of carbonyl (C=O) groups excluding carboxylic acids is 2. The summed E-state index contributed by atoms with van der Waals surface area (Å²) in [4.78, 5) is 25.9. The van der Waals surface area contributed by atoms with E-state index < -0.39 is 30.9 Å². The van der Waals surface area contributed by atoms with Gasteiger partial charge in [0, 0.05) is 24.2 Å². The zero-order valence-electron chi connectivity index (χ0n) is 16.8. The predicted octanol–water partition coefficient (Wildman–Crippen LogP) is 3.06. The van der Waals surface area contributed by atoms with Crippen LogP contribution >= 0.6 is 0 Å². The van der Waals surface area contributed by atoms with Gasteiger partial charge in [-0.2, -0.15) is 0 Å². The fourth-order valence-electron chi connectivity index (χ4n) is 3.01. The van der Waals surface area contributed by atoms with Crippen LogP contribution in [0.15, 0.2) is 48.5 Å². The minimum atomic E-state index is -4.86. The largest absolute Gasteiger partial charge is 0.573 e. The van der Waals surface area contributed by atoms with Gasteiger partial charge in [0.15, 0.2) is 0 Å². The molecule has 172 valence electrons. The zero-order chi connectivity index (χ0) is 23.1. The number of nitrogens with zero attached hydrogens (tertiary/aromatic N) is 1. The fourth-order valence-corrected chi connectivity index (χ4v) is 3.01. The summed E-state index contributed by atoms with van der Waals surface area (Å²) in [6.45, 7) is 0.316. The molecular weight excluding hydrogens is 433 g/mol. The summed E-state index contributed by atoms with van der Waals surface area (Å²) in [5, 5.41) is 12.0. The Balaban J connectivity index is 1.49. The second kappa shape index (κ2) is 10.2. The topological polar surface area (TPSA) is 97.3 Å². The highest BCUT2D eigenvalue weighted by molar-refractivity contribution is 5.94. The van der Waals surface area contributed by atoms with E-state index in [1.807, 2.05) is 0 Å². The Bertz CT molecular complexity index is 936. The maximum absolute atomic E-state index is 12.5. The van der Waals surface area contributed by atoms with E-state index >= 15 is 0 Å². The molecule has 0 saturated carbocycles. The van der Waals surface area contributed by atoms with Gasteiger partial charge in [-0.05, 0) is 30.3 Å². The number of phenols is 1. The minimum Gasteiger partial charge on any atom is -0.508 e. The highest BCUT2D eigenvalue weighted by Crippen LogP contribution is 2.26. The number of hydrogen-bond donors (Lipinski definition) is 2. The lowest BCUT2D eigenvalue weighted by atomic mass is 10.2. The van der Waals surface area contributed by atoms with Crippen molar-refractivity contribution in [2.24, 2.45) is 0 Å². The lowest BCUT2D eigenvalue weighted by Crippen LogP contribution is -2.49. The minimum absolute atomic E-state index is 0.0407. The van der Waals surface area contributed by atoms with Crippen molar-refractivity contribution in [2.45, 2.75) is 19.1 Å². The van der Waals surface area contributed by atoms with E-state index in [4.69, 9.17) is 9.47 Å². The molecule has 1 heterocycles. The Hall–Kier alpha value is -3.47. The van der Waals surface area contributed by atoms with Crippen LogP contribution in [0, 0.1) is 0 Å². The van der Waals surface area contributed by atoms with Gasteiger partial charge in [0.05, 0.1) is 19.3 Å². The van der Waals surface area contributed by atoms with Crippen molar-refractivity contribution in [1.82, 2.24) is 10.2 Å². The van der Waals surface area contributed by atoms with E-state index in [1.54, 1.807) is 0 Å². The fraction of sp³-hybridized carbons (Fsp3) is 0.333. The number of nitrogens with one attached hydrogen (secondary N) is 1. The summed E-state index contributed by atoms with van der Waals surface area (Å²) in [5.74, 6) is -0.766. The van der Waals surface area contributed by atoms with Gasteiger partial charge >= 0.3 is 12.5 Å². The van der Waals surface area contributed by atoms with Crippen molar-refractivity contribution in [3.63, 3.8) is 0 Å². The van der Waals surface area contributed by atoms with E-state index in [9.17, 15) is 27.9 Å². The second-order valence-corrected chi connectivity index (χ2v) is 6.91. The molecule has 1 atom stereocenters. The molecule has 8 nitrogen and oxygen atoms in total. The van der Waals surface area contributed by atoms with Crippen molar-refractivity contribution in [3.05, 3.63) is 59.7 Å². The lowest BCUT2D eigenvalue weighted by Gasteiger charge is -2.32. The van der Waals surface area contributed by atoms with Crippen LogP contribution in [0.5, 0.6) is 11.5 Å². The summed E-state index contributed by atoms with van der Waals surface area (Å²) in [6, 6.07) is 11.1. The first-order valence-corrected chi connectivity index (χ1v) is 9.65. The first kappa shape index (κ1) is 23.2. The molecule has 0 spiro atoms. The predicted molar refractivity (Wildman–Crippen MR) is 105 cm³/mol. The number of benzene rings is 2. The Morgan fingerprint density at radius 1 is 1.16 bits per heavy atom. The first-order valence-electron chi connectivity index (χ1n) is 9.65. The summed E-state index contributed by atoms with van der Waals surface area (Å²) >= 11 is 0. The van der Waals surface area contributed by atoms with Crippen molar-refractivity contribution in [3.8, 4) is 11.5 Å². The van der Waals surface area contributed by atoms with Crippen LogP contribution in [0.2, 0.25) is 0 Å².